The van der Waals surface area contributed by atoms with Gasteiger partial charge in [-0.3, -0.25) is 0 Å². The Morgan fingerprint density at radius 2 is 2.00 bits per heavy atom. The number of hydrogen-bond acceptors (Lipinski definition) is 1. The van der Waals surface area contributed by atoms with Crippen LogP contribution in [0.15, 0.2) is 46.9 Å². The lowest BCUT2D eigenvalue weighted by molar-refractivity contribution is 0.622. The molecule has 0 saturated carbocycles. The van der Waals surface area contributed by atoms with Crippen LogP contribution in [0.5, 0.6) is 0 Å². The van der Waals surface area contributed by atoms with Crippen molar-refractivity contribution in [3.63, 3.8) is 0 Å². The summed E-state index contributed by atoms with van der Waals surface area (Å²) in [5.74, 6) is -0.218. The highest BCUT2D eigenvalue weighted by atomic mass is 79.9. The first kappa shape index (κ1) is 13.2. The minimum absolute atomic E-state index is 0.122. The van der Waals surface area contributed by atoms with E-state index in [9.17, 15) is 4.39 Å². The maximum Gasteiger partial charge on any atom is 0.123 e. The summed E-state index contributed by atoms with van der Waals surface area (Å²) in [4.78, 5) is 0. The number of nitrogens with two attached hydrogens (primary N) is 1. The lowest BCUT2D eigenvalue weighted by Crippen LogP contribution is -2.13. The Morgan fingerprint density at radius 3 is 2.67 bits per heavy atom. The standard InChI is InChI=1S/C15H15BrFN/c1-10-5-6-12(9-14(10)16)15(18)8-11-3-2-4-13(17)7-11/h2-7,9,15H,8,18H2,1H3. The van der Waals surface area contributed by atoms with Gasteiger partial charge in [-0.1, -0.05) is 40.2 Å². The molecule has 2 N–H and O–H groups in total. The van der Waals surface area contributed by atoms with E-state index in [-0.39, 0.29) is 11.9 Å². The first-order chi connectivity index (χ1) is 8.56. The third-order valence-electron chi connectivity index (χ3n) is 2.97. The highest BCUT2D eigenvalue weighted by Crippen LogP contribution is 2.23. The van der Waals surface area contributed by atoms with Gasteiger partial charge in [0, 0.05) is 10.5 Å². The topological polar surface area (TPSA) is 26.0 Å². The molecule has 1 atom stereocenters. The summed E-state index contributed by atoms with van der Waals surface area (Å²) in [7, 11) is 0. The second-order valence-electron chi connectivity index (χ2n) is 4.45. The Morgan fingerprint density at radius 1 is 1.22 bits per heavy atom. The summed E-state index contributed by atoms with van der Waals surface area (Å²) in [6, 6.07) is 12.5. The van der Waals surface area contributed by atoms with Crippen molar-refractivity contribution in [2.24, 2.45) is 5.73 Å². The van der Waals surface area contributed by atoms with Crippen molar-refractivity contribution in [1.82, 2.24) is 0 Å². The van der Waals surface area contributed by atoms with Crippen LogP contribution in [0.2, 0.25) is 0 Å². The first-order valence-electron chi connectivity index (χ1n) is 5.82. The lowest BCUT2D eigenvalue weighted by atomic mass is 9.99. The molecule has 0 spiro atoms. The van der Waals surface area contributed by atoms with Gasteiger partial charge in [0.2, 0.25) is 0 Å². The van der Waals surface area contributed by atoms with Crippen LogP contribution in [-0.4, -0.2) is 0 Å². The molecule has 2 aromatic carbocycles. The quantitative estimate of drug-likeness (QED) is 0.906. The molecule has 94 valence electrons. The van der Waals surface area contributed by atoms with Gasteiger partial charge in [0.1, 0.15) is 5.82 Å². The van der Waals surface area contributed by atoms with Gasteiger partial charge in [-0.2, -0.15) is 0 Å². The summed E-state index contributed by atoms with van der Waals surface area (Å²) in [5, 5.41) is 0. The van der Waals surface area contributed by atoms with E-state index in [0.29, 0.717) is 6.42 Å². The SMILES string of the molecule is Cc1ccc(C(N)Cc2cccc(F)c2)cc1Br. The molecule has 0 fully saturated rings. The van der Waals surface area contributed by atoms with E-state index in [1.165, 1.54) is 17.7 Å². The third-order valence-corrected chi connectivity index (χ3v) is 3.82. The Balaban J connectivity index is 2.16. The molecule has 0 saturated heterocycles. The van der Waals surface area contributed by atoms with Crippen LogP contribution in [0.3, 0.4) is 0 Å². The van der Waals surface area contributed by atoms with Crippen LogP contribution >= 0.6 is 15.9 Å². The fourth-order valence-corrected chi connectivity index (χ4v) is 2.27. The van der Waals surface area contributed by atoms with Crippen LogP contribution in [0.1, 0.15) is 22.7 Å². The van der Waals surface area contributed by atoms with Gasteiger partial charge in [-0.05, 0) is 48.2 Å². The van der Waals surface area contributed by atoms with Crippen LogP contribution < -0.4 is 5.73 Å². The maximum absolute atomic E-state index is 13.1. The first-order valence-corrected chi connectivity index (χ1v) is 6.61. The van der Waals surface area contributed by atoms with E-state index in [1.54, 1.807) is 6.07 Å². The molecule has 0 radical (unpaired) electrons. The molecule has 0 bridgehead atoms. The Bertz CT molecular complexity index is 554. The minimum atomic E-state index is -0.218. The number of halogens is 2. The summed E-state index contributed by atoms with van der Waals surface area (Å²) in [6.45, 7) is 2.03. The van der Waals surface area contributed by atoms with E-state index in [1.807, 2.05) is 31.2 Å². The zero-order valence-electron chi connectivity index (χ0n) is 10.2. The van der Waals surface area contributed by atoms with E-state index in [4.69, 9.17) is 5.73 Å². The molecule has 3 heteroatoms. The van der Waals surface area contributed by atoms with Crippen LogP contribution in [0, 0.1) is 12.7 Å². The summed E-state index contributed by atoms with van der Waals surface area (Å²) in [5.41, 5.74) is 9.30. The molecule has 18 heavy (non-hydrogen) atoms. The molecule has 1 unspecified atom stereocenters. The zero-order chi connectivity index (χ0) is 13.1. The monoisotopic (exact) mass is 307 g/mol. The van der Waals surface area contributed by atoms with E-state index in [2.05, 4.69) is 15.9 Å². The second kappa shape index (κ2) is 5.63. The lowest BCUT2D eigenvalue weighted by Gasteiger charge is -2.13. The largest absolute Gasteiger partial charge is 0.324 e. The van der Waals surface area contributed by atoms with Gasteiger partial charge in [0.25, 0.3) is 0 Å². The van der Waals surface area contributed by atoms with Crippen molar-refractivity contribution >= 4 is 15.9 Å². The van der Waals surface area contributed by atoms with Crippen LogP contribution in [0.25, 0.3) is 0 Å². The van der Waals surface area contributed by atoms with Crippen molar-refractivity contribution in [2.45, 2.75) is 19.4 Å². The predicted molar refractivity (Wildman–Crippen MR) is 75.9 cm³/mol. The Hall–Kier alpha value is -1.19. The highest BCUT2D eigenvalue weighted by Gasteiger charge is 2.09. The molecule has 0 aliphatic heterocycles. The number of aryl methyl sites for hydroxylation is 1. The van der Waals surface area contributed by atoms with Gasteiger partial charge >= 0.3 is 0 Å². The van der Waals surface area contributed by atoms with Crippen LogP contribution in [-0.2, 0) is 6.42 Å². The van der Waals surface area contributed by atoms with Crippen molar-refractivity contribution in [3.05, 3.63) is 69.4 Å². The molecule has 0 aliphatic carbocycles. The number of hydrogen-bond donors (Lipinski definition) is 1. The number of benzene rings is 2. The molecule has 2 aromatic rings. The minimum Gasteiger partial charge on any atom is -0.324 e. The summed E-state index contributed by atoms with van der Waals surface area (Å²) in [6.07, 6.45) is 0.632. The average molecular weight is 308 g/mol. The molecule has 0 aromatic heterocycles. The summed E-state index contributed by atoms with van der Waals surface area (Å²) >= 11 is 3.50. The van der Waals surface area contributed by atoms with Crippen molar-refractivity contribution in [2.75, 3.05) is 0 Å². The smallest absolute Gasteiger partial charge is 0.123 e. The molecule has 1 nitrogen and oxygen atoms in total. The fourth-order valence-electron chi connectivity index (χ4n) is 1.88. The zero-order valence-corrected chi connectivity index (χ0v) is 11.7. The average Bonchev–Trinajstić information content (AvgIpc) is 2.32. The third kappa shape index (κ3) is 3.18. The molecule has 0 amide bonds. The molecule has 0 aliphatic rings. The summed E-state index contributed by atoms with van der Waals surface area (Å²) < 4.78 is 14.1. The van der Waals surface area contributed by atoms with Gasteiger partial charge in [-0.25, -0.2) is 4.39 Å². The van der Waals surface area contributed by atoms with E-state index < -0.39 is 0 Å². The Labute approximate surface area is 115 Å². The fraction of sp³-hybridized carbons (Fsp3) is 0.200. The molecule has 2 rings (SSSR count). The second-order valence-corrected chi connectivity index (χ2v) is 5.30. The predicted octanol–water partition coefficient (Wildman–Crippen LogP) is 4.14. The van der Waals surface area contributed by atoms with Crippen LogP contribution in [0.4, 0.5) is 4.39 Å². The van der Waals surface area contributed by atoms with Gasteiger partial charge in [0.15, 0.2) is 0 Å². The molecular formula is C15H15BrFN. The van der Waals surface area contributed by atoms with Gasteiger partial charge < -0.3 is 5.73 Å². The normalized spacial score (nSPS) is 12.4. The highest BCUT2D eigenvalue weighted by molar-refractivity contribution is 9.10. The number of rotatable bonds is 3. The van der Waals surface area contributed by atoms with Gasteiger partial charge in [-0.15, -0.1) is 0 Å². The van der Waals surface area contributed by atoms with Crippen molar-refractivity contribution in [3.8, 4) is 0 Å². The van der Waals surface area contributed by atoms with Crippen molar-refractivity contribution in [1.29, 1.82) is 0 Å². The van der Waals surface area contributed by atoms with E-state index >= 15 is 0 Å². The molecular weight excluding hydrogens is 293 g/mol. The maximum atomic E-state index is 13.1. The molecule has 0 heterocycles. The Kier molecular flexibility index (Phi) is 4.15. The van der Waals surface area contributed by atoms with E-state index in [0.717, 1.165) is 15.6 Å². The van der Waals surface area contributed by atoms with Crippen molar-refractivity contribution < 1.29 is 4.39 Å². The van der Waals surface area contributed by atoms with Gasteiger partial charge in [0.05, 0.1) is 0 Å².